The third-order valence-corrected chi connectivity index (χ3v) is 5.35. The lowest BCUT2D eigenvalue weighted by molar-refractivity contribution is -0.128. The van der Waals surface area contributed by atoms with Gasteiger partial charge >= 0.3 is 0 Å². The Hall–Kier alpha value is -1.98. The Morgan fingerprint density at radius 2 is 1.96 bits per heavy atom. The van der Waals surface area contributed by atoms with E-state index in [1.165, 1.54) is 0 Å². The number of likely N-dealkylation sites (tertiary alicyclic amines) is 1. The van der Waals surface area contributed by atoms with Crippen molar-refractivity contribution in [2.75, 3.05) is 13.1 Å². The van der Waals surface area contributed by atoms with Gasteiger partial charge in [0.05, 0.1) is 18.1 Å². The highest BCUT2D eigenvalue weighted by molar-refractivity contribution is 5.92. The van der Waals surface area contributed by atoms with E-state index in [1.54, 1.807) is 12.2 Å². The van der Waals surface area contributed by atoms with Crippen LogP contribution in [0.4, 0.5) is 0 Å². The van der Waals surface area contributed by atoms with Crippen LogP contribution in [-0.4, -0.2) is 58.4 Å². The first kappa shape index (κ1) is 19.8. The Kier molecular flexibility index (Phi) is 5.28. The second-order valence-electron chi connectivity index (χ2n) is 9.33. The summed E-state index contributed by atoms with van der Waals surface area (Å²) in [5, 5.41) is 3.06. The fourth-order valence-corrected chi connectivity index (χ4v) is 4.30. The molecule has 1 N–H and O–H groups in total. The van der Waals surface area contributed by atoms with Gasteiger partial charge in [-0.15, -0.1) is 0 Å². The molecular weight excluding hydrogens is 342 g/mol. The van der Waals surface area contributed by atoms with E-state index >= 15 is 0 Å². The summed E-state index contributed by atoms with van der Waals surface area (Å²) < 4.78 is 5.99. The van der Waals surface area contributed by atoms with Gasteiger partial charge in [0.1, 0.15) is 11.4 Å². The minimum Gasteiger partial charge on any atom is -0.490 e. The molecule has 3 atom stereocenters. The van der Waals surface area contributed by atoms with Gasteiger partial charge in [-0.3, -0.25) is 9.59 Å². The zero-order valence-corrected chi connectivity index (χ0v) is 17.4. The highest BCUT2D eigenvalue weighted by Gasteiger charge is 2.41. The van der Waals surface area contributed by atoms with Crippen molar-refractivity contribution in [2.45, 2.75) is 78.1 Å². The van der Waals surface area contributed by atoms with Gasteiger partial charge in [-0.25, -0.2) is 0 Å². The first-order valence-corrected chi connectivity index (χ1v) is 10.0. The summed E-state index contributed by atoms with van der Waals surface area (Å²) in [7, 11) is 0. The van der Waals surface area contributed by atoms with Gasteiger partial charge in [-0.05, 0) is 46.5 Å². The lowest BCUT2D eigenvalue weighted by atomic mass is 10.0. The van der Waals surface area contributed by atoms with Gasteiger partial charge < -0.3 is 19.9 Å². The van der Waals surface area contributed by atoms with Gasteiger partial charge in [-0.2, -0.15) is 0 Å². The summed E-state index contributed by atoms with van der Waals surface area (Å²) in [6, 6.07) is 0.174. The van der Waals surface area contributed by atoms with Crippen molar-refractivity contribution >= 4 is 11.8 Å². The molecule has 2 amide bonds. The van der Waals surface area contributed by atoms with Crippen LogP contribution < -0.4 is 5.32 Å². The van der Waals surface area contributed by atoms with Crippen LogP contribution in [0.1, 0.15) is 54.4 Å². The van der Waals surface area contributed by atoms with E-state index in [0.717, 1.165) is 37.4 Å². The number of nitrogens with zero attached hydrogens (tertiary/aromatic N) is 2. The molecular formula is C21H33N3O3. The molecule has 0 saturated carbocycles. The predicted molar refractivity (Wildman–Crippen MR) is 105 cm³/mol. The van der Waals surface area contributed by atoms with Crippen molar-refractivity contribution < 1.29 is 14.3 Å². The number of ether oxygens (including phenoxy) is 1. The van der Waals surface area contributed by atoms with E-state index in [4.69, 9.17) is 4.74 Å². The molecule has 0 aromatic heterocycles. The number of carbonyl (C=O) groups is 2. The molecule has 3 aliphatic rings. The summed E-state index contributed by atoms with van der Waals surface area (Å²) in [6.07, 6.45) is 5.21. The largest absolute Gasteiger partial charge is 0.490 e. The molecule has 3 aliphatic heterocycles. The van der Waals surface area contributed by atoms with Crippen LogP contribution in [0.3, 0.4) is 0 Å². The number of hydrogen-bond donors (Lipinski definition) is 1. The molecule has 1 unspecified atom stereocenters. The molecule has 0 radical (unpaired) electrons. The predicted octanol–water partition coefficient (Wildman–Crippen LogP) is 2.42. The lowest BCUT2D eigenvalue weighted by Gasteiger charge is -2.33. The molecule has 0 aromatic carbocycles. The van der Waals surface area contributed by atoms with Crippen LogP contribution in [0, 0.1) is 5.92 Å². The second-order valence-corrected chi connectivity index (χ2v) is 9.33. The van der Waals surface area contributed by atoms with Crippen LogP contribution in [0.15, 0.2) is 23.6 Å². The average molecular weight is 376 g/mol. The zero-order chi connectivity index (χ0) is 19.9. The topological polar surface area (TPSA) is 61.9 Å². The SMILES string of the molecule is CC(C)CC1NC(=O)C=C1N1CC[C@H](N2C(=O)C=C(OC(C)(C)C)[C@@H]2C)C1. The number of amides is 2. The van der Waals surface area contributed by atoms with Crippen molar-refractivity contribution in [2.24, 2.45) is 5.92 Å². The summed E-state index contributed by atoms with van der Waals surface area (Å²) in [4.78, 5) is 28.8. The highest BCUT2D eigenvalue weighted by Crippen LogP contribution is 2.32. The molecule has 27 heavy (non-hydrogen) atoms. The van der Waals surface area contributed by atoms with E-state index in [-0.39, 0.29) is 35.5 Å². The molecule has 3 rings (SSSR count). The Morgan fingerprint density at radius 1 is 1.26 bits per heavy atom. The van der Waals surface area contributed by atoms with E-state index in [9.17, 15) is 9.59 Å². The monoisotopic (exact) mass is 375 g/mol. The van der Waals surface area contributed by atoms with Crippen LogP contribution in [0.25, 0.3) is 0 Å². The van der Waals surface area contributed by atoms with Crippen molar-refractivity contribution in [3.8, 4) is 0 Å². The first-order valence-electron chi connectivity index (χ1n) is 10.0. The maximum atomic E-state index is 12.6. The molecule has 0 spiro atoms. The molecule has 6 heteroatoms. The van der Waals surface area contributed by atoms with Gasteiger partial charge in [0.15, 0.2) is 0 Å². The third-order valence-electron chi connectivity index (χ3n) is 5.35. The van der Waals surface area contributed by atoms with Crippen LogP contribution in [0.5, 0.6) is 0 Å². The third kappa shape index (κ3) is 4.30. The minimum absolute atomic E-state index is 0.00718. The fraction of sp³-hybridized carbons (Fsp3) is 0.714. The minimum atomic E-state index is -0.317. The van der Waals surface area contributed by atoms with Crippen molar-refractivity contribution in [1.82, 2.24) is 15.1 Å². The van der Waals surface area contributed by atoms with Gasteiger partial charge in [0, 0.05) is 30.9 Å². The van der Waals surface area contributed by atoms with Gasteiger partial charge in [0.25, 0.3) is 5.91 Å². The quantitative estimate of drug-likeness (QED) is 0.802. The second kappa shape index (κ2) is 7.21. The number of hydrogen-bond acceptors (Lipinski definition) is 4. The number of rotatable bonds is 5. The summed E-state index contributed by atoms with van der Waals surface area (Å²) in [6.45, 7) is 14.0. The fourth-order valence-electron chi connectivity index (χ4n) is 4.30. The standard InChI is InChI=1S/C21H33N3O3/c1-13(2)9-16-17(10-19(25)22-16)23-8-7-15(12-23)24-14(3)18(11-20(24)26)27-21(4,5)6/h10-11,13-16H,7-9,12H2,1-6H3,(H,22,25)/t14-,15-,16?/m0/s1. The van der Waals surface area contributed by atoms with E-state index < -0.39 is 0 Å². The van der Waals surface area contributed by atoms with Crippen LogP contribution >= 0.6 is 0 Å². The summed E-state index contributed by atoms with van der Waals surface area (Å²) in [5.74, 6) is 1.28. The summed E-state index contributed by atoms with van der Waals surface area (Å²) in [5.41, 5.74) is 0.762. The normalized spacial score (nSPS) is 28.8. The molecule has 3 heterocycles. The Bertz CT molecular complexity index is 675. The summed E-state index contributed by atoms with van der Waals surface area (Å²) >= 11 is 0. The lowest BCUT2D eigenvalue weighted by Crippen LogP contribution is -2.44. The van der Waals surface area contributed by atoms with E-state index in [0.29, 0.717) is 5.92 Å². The average Bonchev–Trinajstić information content (AvgIpc) is 3.17. The molecule has 6 nitrogen and oxygen atoms in total. The van der Waals surface area contributed by atoms with Crippen molar-refractivity contribution in [3.05, 3.63) is 23.6 Å². The maximum absolute atomic E-state index is 12.6. The smallest absolute Gasteiger partial charge is 0.250 e. The van der Waals surface area contributed by atoms with Gasteiger partial charge in [-0.1, -0.05) is 13.8 Å². The molecule has 150 valence electrons. The molecule has 0 aromatic rings. The Labute approximate surface area is 162 Å². The van der Waals surface area contributed by atoms with Crippen molar-refractivity contribution in [1.29, 1.82) is 0 Å². The molecule has 0 bridgehead atoms. The van der Waals surface area contributed by atoms with Crippen LogP contribution in [-0.2, 0) is 14.3 Å². The zero-order valence-electron chi connectivity index (χ0n) is 17.4. The maximum Gasteiger partial charge on any atom is 0.250 e. The molecule has 0 aliphatic carbocycles. The first-order chi connectivity index (χ1) is 12.5. The Balaban J connectivity index is 1.67. The van der Waals surface area contributed by atoms with E-state index in [1.807, 2.05) is 32.6 Å². The molecule has 1 fully saturated rings. The van der Waals surface area contributed by atoms with E-state index in [2.05, 4.69) is 24.1 Å². The van der Waals surface area contributed by atoms with Crippen LogP contribution in [0.2, 0.25) is 0 Å². The number of nitrogens with one attached hydrogen (secondary N) is 1. The Morgan fingerprint density at radius 3 is 2.59 bits per heavy atom. The van der Waals surface area contributed by atoms with Crippen molar-refractivity contribution in [3.63, 3.8) is 0 Å². The van der Waals surface area contributed by atoms with Gasteiger partial charge in [0.2, 0.25) is 5.91 Å². The molecule has 1 saturated heterocycles. The highest BCUT2D eigenvalue weighted by atomic mass is 16.5. The number of carbonyl (C=O) groups excluding carboxylic acids is 2.